The van der Waals surface area contributed by atoms with Crippen molar-refractivity contribution in [1.82, 2.24) is 9.88 Å². The van der Waals surface area contributed by atoms with E-state index in [1.165, 1.54) is 22.7 Å². The molecule has 6 nitrogen and oxygen atoms in total. The minimum atomic E-state index is -0.268. The molecule has 8 heteroatoms. The minimum Gasteiger partial charge on any atom is -0.375 e. The molecule has 1 amide bonds. The maximum absolute atomic E-state index is 11.7. The molecule has 130 valence electrons. The molecule has 0 atom stereocenters. The van der Waals surface area contributed by atoms with E-state index in [0.29, 0.717) is 11.7 Å². The summed E-state index contributed by atoms with van der Waals surface area (Å²) in [4.78, 5) is 23.9. The number of nitrogens with zero attached hydrogens (tertiary/aromatic N) is 3. The van der Waals surface area contributed by atoms with Crippen LogP contribution < -0.4 is 5.73 Å². The second-order valence-electron chi connectivity index (χ2n) is 5.49. The molecule has 0 spiro atoms. The second kappa shape index (κ2) is 9.63. The summed E-state index contributed by atoms with van der Waals surface area (Å²) in [7, 11) is 4.08. The highest BCUT2D eigenvalue weighted by atomic mass is 32.1. The summed E-state index contributed by atoms with van der Waals surface area (Å²) in [5, 5.41) is 2.46. The molecule has 0 aliphatic rings. The first-order valence-corrected chi connectivity index (χ1v) is 9.35. The first-order valence-electron chi connectivity index (χ1n) is 7.65. The fourth-order valence-corrected chi connectivity index (χ4v) is 3.40. The van der Waals surface area contributed by atoms with Crippen molar-refractivity contribution >= 4 is 39.9 Å². The van der Waals surface area contributed by atoms with Gasteiger partial charge in [0.05, 0.1) is 10.6 Å². The number of hydrogen-bond donors (Lipinski definition) is 1. The van der Waals surface area contributed by atoms with Crippen LogP contribution in [0.1, 0.15) is 17.7 Å². The summed E-state index contributed by atoms with van der Waals surface area (Å²) in [5.74, 6) is -0.268. The SMILES string of the molecule is CN(C)CCCCOCC(=O)N=Cc1ccc(-c2csc(N)n2)s1. The zero-order valence-electron chi connectivity index (χ0n) is 13.9. The molecular weight excluding hydrogens is 344 g/mol. The highest BCUT2D eigenvalue weighted by molar-refractivity contribution is 7.18. The lowest BCUT2D eigenvalue weighted by Crippen LogP contribution is -2.14. The van der Waals surface area contributed by atoms with Gasteiger partial charge in [0, 0.05) is 23.1 Å². The molecule has 0 aromatic carbocycles. The number of carbonyl (C=O) groups excluding carboxylic acids is 1. The molecule has 2 aromatic heterocycles. The number of carbonyl (C=O) groups is 1. The van der Waals surface area contributed by atoms with Gasteiger partial charge in [-0.25, -0.2) is 9.98 Å². The maximum atomic E-state index is 11.7. The molecule has 0 aliphatic heterocycles. The Morgan fingerprint density at radius 2 is 2.25 bits per heavy atom. The van der Waals surface area contributed by atoms with E-state index in [1.807, 2.05) is 31.6 Å². The van der Waals surface area contributed by atoms with Crippen molar-refractivity contribution in [2.75, 3.05) is 39.6 Å². The molecule has 0 aliphatic carbocycles. The van der Waals surface area contributed by atoms with Gasteiger partial charge in [0.15, 0.2) is 5.13 Å². The van der Waals surface area contributed by atoms with Crippen LogP contribution in [0.5, 0.6) is 0 Å². The third-order valence-electron chi connectivity index (χ3n) is 3.11. The number of hydrogen-bond acceptors (Lipinski definition) is 7. The van der Waals surface area contributed by atoms with Crippen molar-refractivity contribution in [2.45, 2.75) is 12.8 Å². The van der Waals surface area contributed by atoms with E-state index >= 15 is 0 Å². The van der Waals surface area contributed by atoms with Crippen molar-refractivity contribution in [2.24, 2.45) is 4.99 Å². The Morgan fingerprint density at radius 3 is 2.96 bits per heavy atom. The monoisotopic (exact) mass is 366 g/mol. The van der Waals surface area contributed by atoms with E-state index in [4.69, 9.17) is 10.5 Å². The third-order valence-corrected chi connectivity index (χ3v) is 4.82. The normalized spacial score (nSPS) is 11.6. The van der Waals surface area contributed by atoms with Crippen LogP contribution in [-0.4, -0.2) is 55.9 Å². The Hall–Kier alpha value is -1.61. The molecular formula is C16H22N4O2S2. The molecule has 2 rings (SSSR count). The summed E-state index contributed by atoms with van der Waals surface area (Å²) in [6, 6.07) is 3.86. The number of aliphatic imine (C=N–C) groups is 1. The van der Waals surface area contributed by atoms with Gasteiger partial charge in [0.1, 0.15) is 6.61 Å². The van der Waals surface area contributed by atoms with Crippen LogP contribution in [-0.2, 0) is 9.53 Å². The predicted octanol–water partition coefficient (Wildman–Crippen LogP) is 2.76. The van der Waals surface area contributed by atoms with Crippen LogP contribution in [0.2, 0.25) is 0 Å². The molecule has 2 N–H and O–H groups in total. The zero-order chi connectivity index (χ0) is 17.4. The number of thiophene rings is 1. The molecule has 0 saturated carbocycles. The number of unbranched alkanes of at least 4 members (excludes halogenated alkanes) is 1. The Labute approximate surface area is 150 Å². The van der Waals surface area contributed by atoms with Crippen molar-refractivity contribution in [3.8, 4) is 10.6 Å². The first-order chi connectivity index (χ1) is 11.5. The van der Waals surface area contributed by atoms with E-state index < -0.39 is 0 Å². The number of ether oxygens (including phenoxy) is 1. The van der Waals surface area contributed by atoms with Crippen molar-refractivity contribution in [3.63, 3.8) is 0 Å². The van der Waals surface area contributed by atoms with Gasteiger partial charge in [0.25, 0.3) is 5.91 Å². The van der Waals surface area contributed by atoms with E-state index in [1.54, 1.807) is 6.21 Å². The summed E-state index contributed by atoms with van der Waals surface area (Å²) >= 11 is 2.93. The molecule has 2 aromatic rings. The summed E-state index contributed by atoms with van der Waals surface area (Å²) in [5.41, 5.74) is 6.49. The van der Waals surface area contributed by atoms with Crippen molar-refractivity contribution in [1.29, 1.82) is 0 Å². The van der Waals surface area contributed by atoms with Gasteiger partial charge in [-0.1, -0.05) is 0 Å². The fourth-order valence-electron chi connectivity index (χ4n) is 1.93. The molecule has 0 saturated heterocycles. The Balaban J connectivity index is 1.71. The second-order valence-corrected chi connectivity index (χ2v) is 7.49. The molecule has 0 bridgehead atoms. The van der Waals surface area contributed by atoms with Gasteiger partial charge < -0.3 is 15.4 Å². The zero-order valence-corrected chi connectivity index (χ0v) is 15.5. The van der Waals surface area contributed by atoms with Gasteiger partial charge in [0.2, 0.25) is 0 Å². The number of rotatable bonds is 9. The Kier molecular flexibility index (Phi) is 7.51. The third kappa shape index (κ3) is 6.48. The van der Waals surface area contributed by atoms with Crippen LogP contribution >= 0.6 is 22.7 Å². The minimum absolute atomic E-state index is 0.0271. The van der Waals surface area contributed by atoms with Crippen molar-refractivity contribution < 1.29 is 9.53 Å². The standard InChI is InChI=1S/C16H22N4O2S2/c1-20(2)7-3-4-8-22-10-15(21)18-9-12-5-6-14(24-12)13-11-23-16(17)19-13/h5-6,9,11H,3-4,7-8,10H2,1-2H3,(H2,17,19). The number of thiazole rings is 1. The maximum Gasteiger partial charge on any atom is 0.271 e. The average molecular weight is 367 g/mol. The Morgan fingerprint density at radius 1 is 1.42 bits per heavy atom. The number of aromatic nitrogens is 1. The van der Waals surface area contributed by atoms with E-state index in [-0.39, 0.29) is 12.5 Å². The van der Waals surface area contributed by atoms with Gasteiger partial charge in [-0.2, -0.15) is 0 Å². The first kappa shape index (κ1) is 18.7. The number of amides is 1. The van der Waals surface area contributed by atoms with Crippen LogP contribution in [0.25, 0.3) is 10.6 Å². The van der Waals surface area contributed by atoms with E-state index in [9.17, 15) is 4.79 Å². The largest absolute Gasteiger partial charge is 0.375 e. The molecule has 24 heavy (non-hydrogen) atoms. The van der Waals surface area contributed by atoms with Crippen LogP contribution in [0.15, 0.2) is 22.5 Å². The average Bonchev–Trinajstić information content (AvgIpc) is 3.17. The lowest BCUT2D eigenvalue weighted by atomic mass is 10.3. The Bertz CT molecular complexity index is 679. The van der Waals surface area contributed by atoms with Gasteiger partial charge in [-0.05, 0) is 45.6 Å². The molecule has 0 unspecified atom stereocenters. The number of nitrogen functional groups attached to an aromatic ring is 1. The van der Waals surface area contributed by atoms with E-state index in [2.05, 4.69) is 14.9 Å². The number of anilines is 1. The van der Waals surface area contributed by atoms with Crippen molar-refractivity contribution in [3.05, 3.63) is 22.4 Å². The van der Waals surface area contributed by atoms with Crippen LogP contribution in [0.4, 0.5) is 5.13 Å². The molecule has 0 radical (unpaired) electrons. The number of nitrogens with two attached hydrogens (primary N) is 1. The molecule has 2 heterocycles. The van der Waals surface area contributed by atoms with E-state index in [0.717, 1.165) is 34.8 Å². The highest BCUT2D eigenvalue weighted by Crippen LogP contribution is 2.29. The van der Waals surface area contributed by atoms with Crippen LogP contribution in [0, 0.1) is 0 Å². The highest BCUT2D eigenvalue weighted by Gasteiger charge is 2.06. The smallest absolute Gasteiger partial charge is 0.271 e. The summed E-state index contributed by atoms with van der Waals surface area (Å²) in [6.07, 6.45) is 3.57. The van der Waals surface area contributed by atoms with Gasteiger partial charge in [-0.15, -0.1) is 22.7 Å². The lowest BCUT2D eigenvalue weighted by Gasteiger charge is -2.08. The fraction of sp³-hybridized carbons (Fsp3) is 0.438. The van der Waals surface area contributed by atoms with Gasteiger partial charge in [-0.3, -0.25) is 4.79 Å². The predicted molar refractivity (Wildman–Crippen MR) is 101 cm³/mol. The quantitative estimate of drug-likeness (QED) is 0.545. The summed E-state index contributed by atoms with van der Waals surface area (Å²) in [6.45, 7) is 1.64. The molecule has 0 fully saturated rings. The van der Waals surface area contributed by atoms with Gasteiger partial charge >= 0.3 is 0 Å². The topological polar surface area (TPSA) is 80.8 Å². The lowest BCUT2D eigenvalue weighted by molar-refractivity contribution is -0.122. The van der Waals surface area contributed by atoms with Crippen LogP contribution in [0.3, 0.4) is 0 Å². The summed E-state index contributed by atoms with van der Waals surface area (Å²) < 4.78 is 5.34.